The summed E-state index contributed by atoms with van der Waals surface area (Å²) in [5.74, 6) is 1.88. The molecular weight excluding hydrogens is 306 g/mol. The van der Waals surface area contributed by atoms with Crippen LogP contribution in [-0.4, -0.2) is 42.7 Å². The molecule has 2 aromatic heterocycles. The zero-order valence-electron chi connectivity index (χ0n) is 13.5. The normalized spacial score (nSPS) is 22.1. The Hall–Kier alpha value is -1.71. The van der Waals surface area contributed by atoms with E-state index in [4.69, 9.17) is 5.26 Å². The van der Waals surface area contributed by atoms with E-state index in [0.29, 0.717) is 6.54 Å². The summed E-state index contributed by atoms with van der Waals surface area (Å²) in [6, 6.07) is 2.28. The molecule has 1 aliphatic heterocycles. The monoisotopic (exact) mass is 328 g/mol. The maximum Gasteiger partial charge on any atom is 0.165 e. The largest absolute Gasteiger partial charge is 0.345 e. The maximum atomic E-state index is 8.87. The van der Waals surface area contributed by atoms with Crippen molar-refractivity contribution in [3.63, 3.8) is 0 Å². The topological polar surface area (TPSA) is 57.2 Å². The van der Waals surface area contributed by atoms with Crippen LogP contribution in [0.5, 0.6) is 0 Å². The van der Waals surface area contributed by atoms with Crippen molar-refractivity contribution in [1.82, 2.24) is 9.97 Å². The molecule has 1 fully saturated rings. The number of anilines is 1. The molecular formula is C17H22N5S+. The van der Waals surface area contributed by atoms with Crippen LogP contribution in [-0.2, 0) is 12.8 Å². The molecule has 0 unspecified atom stereocenters. The van der Waals surface area contributed by atoms with Crippen LogP contribution < -0.4 is 9.80 Å². The van der Waals surface area contributed by atoms with Gasteiger partial charge in [0.15, 0.2) is 6.54 Å². The lowest BCUT2D eigenvalue weighted by molar-refractivity contribution is -0.893. The lowest BCUT2D eigenvalue weighted by atomic mass is 9.88. The SMILES string of the molecule is C[C@@H]1CCc2sc3ncnc(N4CC[NH+](CC#N)CC4)c3c2C1. The standard InChI is InChI=1S/C17H21N5S/c1-12-2-3-14-13(10-12)15-16(19-11-20-17(15)23-14)22-8-6-21(5-4-18)7-9-22/h11-12H,2-3,5-10H2,1H3/p+1/t12-/m1/s1. The fourth-order valence-electron chi connectivity index (χ4n) is 3.83. The second kappa shape index (κ2) is 6.06. The van der Waals surface area contributed by atoms with E-state index >= 15 is 0 Å². The van der Waals surface area contributed by atoms with Gasteiger partial charge in [0.2, 0.25) is 0 Å². The van der Waals surface area contributed by atoms with Gasteiger partial charge in [-0.05, 0) is 30.7 Å². The van der Waals surface area contributed by atoms with Crippen LogP contribution in [0.2, 0.25) is 0 Å². The number of piperazine rings is 1. The molecule has 3 heterocycles. The highest BCUT2D eigenvalue weighted by atomic mass is 32.1. The van der Waals surface area contributed by atoms with Gasteiger partial charge in [-0.25, -0.2) is 9.97 Å². The average Bonchev–Trinajstić information content (AvgIpc) is 2.94. The van der Waals surface area contributed by atoms with Crippen LogP contribution in [0.25, 0.3) is 10.2 Å². The molecule has 0 radical (unpaired) electrons. The van der Waals surface area contributed by atoms with Crippen molar-refractivity contribution in [1.29, 1.82) is 5.26 Å². The highest BCUT2D eigenvalue weighted by Gasteiger charge is 2.27. The smallest absolute Gasteiger partial charge is 0.165 e. The Morgan fingerprint density at radius 3 is 3.00 bits per heavy atom. The van der Waals surface area contributed by atoms with Gasteiger partial charge in [-0.1, -0.05) is 6.92 Å². The van der Waals surface area contributed by atoms with Crippen molar-refractivity contribution in [2.24, 2.45) is 5.92 Å². The fourth-order valence-corrected chi connectivity index (χ4v) is 5.01. The number of hydrogen-bond donors (Lipinski definition) is 1. The van der Waals surface area contributed by atoms with Gasteiger partial charge in [0.05, 0.1) is 31.6 Å². The molecule has 23 heavy (non-hydrogen) atoms. The van der Waals surface area contributed by atoms with E-state index in [2.05, 4.69) is 27.9 Å². The summed E-state index contributed by atoms with van der Waals surface area (Å²) in [6.07, 6.45) is 5.36. The van der Waals surface area contributed by atoms with E-state index in [0.717, 1.165) is 49.2 Å². The van der Waals surface area contributed by atoms with E-state index in [1.165, 1.54) is 33.6 Å². The Kier molecular flexibility index (Phi) is 3.92. The van der Waals surface area contributed by atoms with Gasteiger partial charge in [0, 0.05) is 4.88 Å². The Balaban J connectivity index is 1.68. The third-order valence-electron chi connectivity index (χ3n) is 5.17. The summed E-state index contributed by atoms with van der Waals surface area (Å²) in [4.78, 5) is 15.7. The molecule has 2 aliphatic rings. The molecule has 0 bridgehead atoms. The Morgan fingerprint density at radius 2 is 2.22 bits per heavy atom. The first kappa shape index (κ1) is 14.9. The molecule has 0 amide bonds. The quantitative estimate of drug-likeness (QED) is 0.837. The molecule has 0 aromatic carbocycles. The summed E-state index contributed by atoms with van der Waals surface area (Å²) in [7, 11) is 0. The van der Waals surface area contributed by atoms with Gasteiger partial charge in [0.1, 0.15) is 23.0 Å². The number of nitrogens with one attached hydrogen (secondary N) is 1. The summed E-state index contributed by atoms with van der Waals surface area (Å²) < 4.78 is 0. The van der Waals surface area contributed by atoms with Crippen molar-refractivity contribution in [2.75, 3.05) is 37.6 Å². The second-order valence-corrected chi connectivity index (χ2v) is 7.88. The van der Waals surface area contributed by atoms with Crippen LogP contribution >= 0.6 is 11.3 Å². The molecule has 1 aliphatic carbocycles. The number of thiophene rings is 1. The summed E-state index contributed by atoms with van der Waals surface area (Å²) in [5, 5.41) is 10.2. The fraction of sp³-hybridized carbons (Fsp3) is 0.588. The number of quaternary nitrogens is 1. The highest BCUT2D eigenvalue weighted by molar-refractivity contribution is 7.19. The predicted molar refractivity (Wildman–Crippen MR) is 92.0 cm³/mol. The second-order valence-electron chi connectivity index (χ2n) is 6.80. The number of fused-ring (bicyclic) bond motifs is 3. The van der Waals surface area contributed by atoms with Crippen molar-refractivity contribution < 1.29 is 4.90 Å². The molecule has 1 N–H and O–H groups in total. The van der Waals surface area contributed by atoms with Gasteiger partial charge in [-0.15, -0.1) is 11.3 Å². The molecule has 0 spiro atoms. The summed E-state index contributed by atoms with van der Waals surface area (Å²) in [5.41, 5.74) is 1.51. The zero-order valence-corrected chi connectivity index (χ0v) is 14.3. The van der Waals surface area contributed by atoms with Crippen LogP contribution in [0.4, 0.5) is 5.82 Å². The third kappa shape index (κ3) is 2.68. The number of rotatable bonds is 2. The number of aromatic nitrogens is 2. The minimum Gasteiger partial charge on any atom is -0.345 e. The van der Waals surface area contributed by atoms with Gasteiger partial charge >= 0.3 is 0 Å². The molecule has 6 heteroatoms. The molecule has 1 atom stereocenters. The number of nitriles is 1. The van der Waals surface area contributed by atoms with Crippen molar-refractivity contribution in [3.8, 4) is 6.07 Å². The molecule has 4 rings (SSSR count). The minimum absolute atomic E-state index is 0.610. The van der Waals surface area contributed by atoms with Crippen molar-refractivity contribution >= 4 is 27.4 Å². The average molecular weight is 328 g/mol. The lowest BCUT2D eigenvalue weighted by Crippen LogP contribution is -3.14. The van der Waals surface area contributed by atoms with E-state index in [1.807, 2.05) is 11.3 Å². The first-order valence-electron chi connectivity index (χ1n) is 8.47. The summed E-state index contributed by atoms with van der Waals surface area (Å²) >= 11 is 1.86. The maximum absolute atomic E-state index is 8.87. The predicted octanol–water partition coefficient (Wildman–Crippen LogP) is 1.04. The van der Waals surface area contributed by atoms with Gasteiger partial charge < -0.3 is 9.80 Å². The molecule has 2 aromatic rings. The van der Waals surface area contributed by atoms with Crippen LogP contribution in [0.15, 0.2) is 6.33 Å². The van der Waals surface area contributed by atoms with Crippen LogP contribution in [0.1, 0.15) is 23.8 Å². The third-order valence-corrected chi connectivity index (χ3v) is 6.37. The van der Waals surface area contributed by atoms with Crippen LogP contribution in [0.3, 0.4) is 0 Å². The Bertz CT molecular complexity index is 754. The molecule has 1 saturated heterocycles. The van der Waals surface area contributed by atoms with Gasteiger partial charge in [0.25, 0.3) is 0 Å². The van der Waals surface area contributed by atoms with E-state index in [-0.39, 0.29) is 0 Å². The van der Waals surface area contributed by atoms with E-state index in [9.17, 15) is 0 Å². The highest BCUT2D eigenvalue weighted by Crippen LogP contribution is 2.40. The molecule has 5 nitrogen and oxygen atoms in total. The van der Waals surface area contributed by atoms with E-state index in [1.54, 1.807) is 6.33 Å². The van der Waals surface area contributed by atoms with Crippen molar-refractivity contribution in [2.45, 2.75) is 26.2 Å². The Morgan fingerprint density at radius 1 is 1.39 bits per heavy atom. The van der Waals surface area contributed by atoms with Crippen molar-refractivity contribution in [3.05, 3.63) is 16.8 Å². The molecule has 120 valence electrons. The number of hydrogen-bond acceptors (Lipinski definition) is 5. The van der Waals surface area contributed by atoms with Gasteiger partial charge in [-0.3, -0.25) is 0 Å². The van der Waals surface area contributed by atoms with E-state index < -0.39 is 0 Å². The first-order chi connectivity index (χ1) is 11.3. The number of nitrogens with zero attached hydrogens (tertiary/aromatic N) is 4. The molecule has 0 saturated carbocycles. The van der Waals surface area contributed by atoms with Gasteiger partial charge in [-0.2, -0.15) is 5.26 Å². The zero-order chi connectivity index (χ0) is 15.8. The Labute approximate surface area is 140 Å². The lowest BCUT2D eigenvalue weighted by Gasteiger charge is -2.32. The minimum atomic E-state index is 0.610. The van der Waals surface area contributed by atoms with Crippen LogP contribution in [0, 0.1) is 17.2 Å². The number of aryl methyl sites for hydroxylation is 1. The first-order valence-corrected chi connectivity index (χ1v) is 9.28. The summed E-state index contributed by atoms with van der Waals surface area (Å²) in [6.45, 7) is 6.94.